The molecular formula is C22H25ClN4O. The molecule has 0 spiro atoms. The van der Waals surface area contributed by atoms with Crippen molar-refractivity contribution in [1.29, 1.82) is 0 Å². The molecule has 4 rings (SSSR count). The minimum atomic E-state index is -0.0604. The van der Waals surface area contributed by atoms with Gasteiger partial charge in [-0.05, 0) is 37.6 Å². The summed E-state index contributed by atoms with van der Waals surface area (Å²) in [5.41, 5.74) is 3.19. The van der Waals surface area contributed by atoms with Crippen LogP contribution in [0, 0.1) is 5.92 Å². The molecular weight excluding hydrogens is 372 g/mol. The third kappa shape index (κ3) is 4.26. The monoisotopic (exact) mass is 396 g/mol. The highest BCUT2D eigenvalue weighted by atomic mass is 35.5. The van der Waals surface area contributed by atoms with Gasteiger partial charge in [-0.25, -0.2) is 4.68 Å². The van der Waals surface area contributed by atoms with Crippen molar-refractivity contribution in [2.45, 2.75) is 19.4 Å². The van der Waals surface area contributed by atoms with E-state index in [1.54, 1.807) is 4.68 Å². The summed E-state index contributed by atoms with van der Waals surface area (Å²) in [6.45, 7) is 4.03. The lowest BCUT2D eigenvalue weighted by Crippen LogP contribution is -2.48. The fourth-order valence-electron chi connectivity index (χ4n) is 3.54. The van der Waals surface area contributed by atoms with Crippen LogP contribution in [0.3, 0.4) is 0 Å². The smallest absolute Gasteiger partial charge is 0.255 e. The van der Waals surface area contributed by atoms with E-state index in [1.807, 2.05) is 66.9 Å². The van der Waals surface area contributed by atoms with E-state index in [-0.39, 0.29) is 24.4 Å². The van der Waals surface area contributed by atoms with E-state index >= 15 is 0 Å². The van der Waals surface area contributed by atoms with Crippen molar-refractivity contribution in [3.8, 4) is 16.9 Å². The molecule has 3 aromatic rings. The lowest BCUT2D eigenvalue weighted by molar-refractivity contribution is 0.0915. The van der Waals surface area contributed by atoms with E-state index < -0.39 is 0 Å². The molecule has 1 fully saturated rings. The topological polar surface area (TPSA) is 58.9 Å². The average Bonchev–Trinajstić information content (AvgIpc) is 3.17. The summed E-state index contributed by atoms with van der Waals surface area (Å²) < 4.78 is 1.78. The van der Waals surface area contributed by atoms with Crippen molar-refractivity contribution >= 4 is 18.3 Å². The van der Waals surface area contributed by atoms with Crippen LogP contribution < -0.4 is 10.6 Å². The third-order valence-electron chi connectivity index (χ3n) is 5.13. The van der Waals surface area contributed by atoms with Crippen LogP contribution in [-0.4, -0.2) is 34.8 Å². The van der Waals surface area contributed by atoms with E-state index in [0.29, 0.717) is 17.2 Å². The Bertz CT molecular complexity index is 911. The Morgan fingerprint density at radius 3 is 2.46 bits per heavy atom. The highest BCUT2D eigenvalue weighted by molar-refractivity contribution is 6.00. The molecule has 0 saturated carbocycles. The van der Waals surface area contributed by atoms with E-state index in [1.165, 1.54) is 0 Å². The second-order valence-corrected chi connectivity index (χ2v) is 7.09. The summed E-state index contributed by atoms with van der Waals surface area (Å²) in [6.07, 6.45) is 2.78. The van der Waals surface area contributed by atoms with Crippen LogP contribution >= 0.6 is 12.4 Å². The van der Waals surface area contributed by atoms with E-state index in [2.05, 4.69) is 17.6 Å². The summed E-state index contributed by atoms with van der Waals surface area (Å²) >= 11 is 0. The molecule has 6 heteroatoms. The van der Waals surface area contributed by atoms with Gasteiger partial charge in [0, 0.05) is 17.8 Å². The second-order valence-electron chi connectivity index (χ2n) is 7.09. The van der Waals surface area contributed by atoms with Gasteiger partial charge in [0.05, 0.1) is 11.3 Å². The number of amides is 1. The molecule has 2 aromatic carbocycles. The van der Waals surface area contributed by atoms with Crippen LogP contribution in [0.1, 0.15) is 23.7 Å². The van der Waals surface area contributed by atoms with Gasteiger partial charge in [-0.1, -0.05) is 55.5 Å². The Labute approximate surface area is 171 Å². The number of piperidine rings is 1. The van der Waals surface area contributed by atoms with Crippen LogP contribution in [0.2, 0.25) is 0 Å². The maximum atomic E-state index is 13.1. The predicted molar refractivity (Wildman–Crippen MR) is 114 cm³/mol. The van der Waals surface area contributed by atoms with E-state index in [0.717, 1.165) is 30.8 Å². The Hall–Kier alpha value is -2.63. The molecule has 1 aliphatic rings. The first-order valence-corrected chi connectivity index (χ1v) is 9.44. The van der Waals surface area contributed by atoms with Gasteiger partial charge in [-0.15, -0.1) is 12.4 Å². The molecule has 1 amide bonds. The summed E-state index contributed by atoms with van der Waals surface area (Å²) in [7, 11) is 0. The first-order valence-electron chi connectivity index (χ1n) is 9.44. The molecule has 2 atom stereocenters. The fraction of sp³-hybridized carbons (Fsp3) is 0.273. The molecule has 2 heterocycles. The predicted octanol–water partition coefficient (Wildman–Crippen LogP) is 3.69. The van der Waals surface area contributed by atoms with E-state index in [9.17, 15) is 4.79 Å². The van der Waals surface area contributed by atoms with Crippen molar-refractivity contribution in [2.24, 2.45) is 5.92 Å². The average molecular weight is 397 g/mol. The number of hydrogen-bond acceptors (Lipinski definition) is 3. The molecule has 1 aliphatic heterocycles. The van der Waals surface area contributed by atoms with Gasteiger partial charge in [-0.2, -0.15) is 5.10 Å². The molecule has 1 aromatic heterocycles. The number of nitrogens with zero attached hydrogens (tertiary/aromatic N) is 2. The number of benzene rings is 2. The number of aromatic nitrogens is 2. The van der Waals surface area contributed by atoms with Gasteiger partial charge in [-0.3, -0.25) is 4.79 Å². The minimum Gasteiger partial charge on any atom is -0.349 e. The molecule has 28 heavy (non-hydrogen) atoms. The molecule has 146 valence electrons. The molecule has 2 N–H and O–H groups in total. The minimum absolute atomic E-state index is 0. The largest absolute Gasteiger partial charge is 0.349 e. The standard InChI is InChI=1S/C22H24N4O.ClH/c1-16-14-23-13-12-20(16)24-22(27)19-15-26(18-10-6-3-7-11-18)25-21(19)17-8-4-2-5-9-17;/h2-11,15-16,20,23H,12-14H2,1H3,(H,24,27);1H. The van der Waals surface area contributed by atoms with Crippen molar-refractivity contribution in [3.63, 3.8) is 0 Å². The molecule has 2 unspecified atom stereocenters. The van der Waals surface area contributed by atoms with Crippen molar-refractivity contribution in [1.82, 2.24) is 20.4 Å². The van der Waals surface area contributed by atoms with Gasteiger partial charge in [0.2, 0.25) is 0 Å². The number of carbonyl (C=O) groups is 1. The zero-order valence-electron chi connectivity index (χ0n) is 15.8. The summed E-state index contributed by atoms with van der Waals surface area (Å²) in [6, 6.07) is 19.9. The first-order chi connectivity index (χ1) is 13.2. The normalized spacial score (nSPS) is 18.9. The Kier molecular flexibility index (Phi) is 6.49. The highest BCUT2D eigenvalue weighted by Crippen LogP contribution is 2.24. The molecule has 0 bridgehead atoms. The third-order valence-corrected chi connectivity index (χ3v) is 5.13. The van der Waals surface area contributed by atoms with Gasteiger partial charge in [0.15, 0.2) is 0 Å². The maximum Gasteiger partial charge on any atom is 0.255 e. The van der Waals surface area contributed by atoms with Gasteiger partial charge >= 0.3 is 0 Å². The highest BCUT2D eigenvalue weighted by Gasteiger charge is 2.25. The number of halogens is 1. The summed E-state index contributed by atoms with van der Waals surface area (Å²) in [5, 5.41) is 11.3. The van der Waals surface area contributed by atoms with Crippen LogP contribution in [0.15, 0.2) is 66.9 Å². The quantitative estimate of drug-likeness (QED) is 0.707. The second kappa shape index (κ2) is 9.04. The lowest BCUT2D eigenvalue weighted by atomic mass is 9.95. The van der Waals surface area contributed by atoms with Gasteiger partial charge in [0.25, 0.3) is 5.91 Å². The molecule has 1 saturated heterocycles. The van der Waals surface area contributed by atoms with Crippen molar-refractivity contribution < 1.29 is 4.79 Å². The molecule has 0 aliphatic carbocycles. The SMILES string of the molecule is CC1CNCCC1NC(=O)c1cn(-c2ccccc2)nc1-c1ccccc1.Cl. The zero-order chi connectivity index (χ0) is 18.6. The fourth-order valence-corrected chi connectivity index (χ4v) is 3.54. The van der Waals surface area contributed by atoms with Gasteiger partial charge < -0.3 is 10.6 Å². The van der Waals surface area contributed by atoms with Crippen molar-refractivity contribution in [3.05, 3.63) is 72.4 Å². The van der Waals surface area contributed by atoms with Crippen LogP contribution in [0.5, 0.6) is 0 Å². The summed E-state index contributed by atoms with van der Waals surface area (Å²) in [4.78, 5) is 13.1. The summed E-state index contributed by atoms with van der Waals surface area (Å²) in [5.74, 6) is 0.349. The Morgan fingerprint density at radius 1 is 1.11 bits per heavy atom. The number of hydrogen-bond donors (Lipinski definition) is 2. The van der Waals surface area contributed by atoms with Gasteiger partial charge in [0.1, 0.15) is 5.69 Å². The van der Waals surface area contributed by atoms with Crippen LogP contribution in [0.25, 0.3) is 16.9 Å². The number of rotatable bonds is 4. The van der Waals surface area contributed by atoms with Crippen LogP contribution in [-0.2, 0) is 0 Å². The van der Waals surface area contributed by atoms with Crippen LogP contribution in [0.4, 0.5) is 0 Å². The first kappa shape index (κ1) is 20.1. The number of para-hydroxylation sites is 1. The maximum absolute atomic E-state index is 13.1. The van der Waals surface area contributed by atoms with E-state index in [4.69, 9.17) is 5.10 Å². The Morgan fingerprint density at radius 2 is 1.79 bits per heavy atom. The molecule has 0 radical (unpaired) electrons. The Balaban J connectivity index is 0.00000225. The number of carbonyl (C=O) groups excluding carboxylic acids is 1. The molecule has 5 nitrogen and oxygen atoms in total. The number of nitrogens with one attached hydrogen (secondary N) is 2. The zero-order valence-corrected chi connectivity index (χ0v) is 16.7. The lowest BCUT2D eigenvalue weighted by Gasteiger charge is -2.30. The van der Waals surface area contributed by atoms with Crippen molar-refractivity contribution in [2.75, 3.05) is 13.1 Å².